The first-order chi connectivity index (χ1) is 11.1. The first kappa shape index (κ1) is 17.0. The lowest BCUT2D eigenvalue weighted by Crippen LogP contribution is -2.23. The molecule has 0 bridgehead atoms. The highest BCUT2D eigenvalue weighted by Gasteiger charge is 2.11. The maximum Gasteiger partial charge on any atom is 0.269 e. The molecular formula is C20H24N2O. The Morgan fingerprint density at radius 1 is 1.17 bits per heavy atom. The molecule has 3 heteroatoms. The van der Waals surface area contributed by atoms with Gasteiger partial charge in [-0.1, -0.05) is 51.5 Å². The molecule has 0 N–H and O–H groups in total. The highest BCUT2D eigenvalue weighted by Crippen LogP contribution is 2.22. The van der Waals surface area contributed by atoms with Gasteiger partial charge in [-0.25, -0.2) is 0 Å². The van der Waals surface area contributed by atoms with Gasteiger partial charge in [0.15, 0.2) is 0 Å². The van der Waals surface area contributed by atoms with Gasteiger partial charge in [0.1, 0.15) is 11.6 Å². The summed E-state index contributed by atoms with van der Waals surface area (Å²) in [5.74, 6) is 0.526. The van der Waals surface area contributed by atoms with Crippen LogP contribution in [0.2, 0.25) is 0 Å². The second-order valence-corrected chi connectivity index (χ2v) is 6.34. The lowest BCUT2D eigenvalue weighted by Gasteiger charge is -2.11. The molecular weight excluding hydrogens is 284 g/mol. The van der Waals surface area contributed by atoms with E-state index in [2.05, 4.69) is 39.0 Å². The van der Waals surface area contributed by atoms with Crippen LogP contribution in [0.3, 0.4) is 0 Å². The van der Waals surface area contributed by atoms with E-state index >= 15 is 0 Å². The molecule has 120 valence electrons. The summed E-state index contributed by atoms with van der Waals surface area (Å²) in [5.41, 5.74) is 2.97. The van der Waals surface area contributed by atoms with E-state index < -0.39 is 0 Å². The number of hydrogen-bond acceptors (Lipinski definition) is 2. The maximum absolute atomic E-state index is 12.5. The van der Waals surface area contributed by atoms with Crippen molar-refractivity contribution in [3.05, 3.63) is 58.0 Å². The summed E-state index contributed by atoms with van der Waals surface area (Å²) in [7, 11) is 0. The van der Waals surface area contributed by atoms with E-state index in [1.54, 1.807) is 10.8 Å². The van der Waals surface area contributed by atoms with E-state index in [-0.39, 0.29) is 11.1 Å². The highest BCUT2D eigenvalue weighted by molar-refractivity contribution is 5.69. The van der Waals surface area contributed by atoms with E-state index in [0.717, 1.165) is 30.4 Å². The Morgan fingerprint density at radius 3 is 2.43 bits per heavy atom. The molecule has 3 nitrogen and oxygen atoms in total. The van der Waals surface area contributed by atoms with E-state index in [1.165, 1.54) is 5.56 Å². The van der Waals surface area contributed by atoms with E-state index in [4.69, 9.17) is 0 Å². The van der Waals surface area contributed by atoms with Crippen molar-refractivity contribution in [3.63, 3.8) is 0 Å². The lowest BCUT2D eigenvalue weighted by atomic mass is 9.99. The van der Waals surface area contributed by atoms with Crippen molar-refractivity contribution in [2.45, 2.75) is 46.6 Å². The Hall–Kier alpha value is -2.34. The van der Waals surface area contributed by atoms with E-state index in [9.17, 15) is 10.1 Å². The normalized spacial score (nSPS) is 10.7. The average molecular weight is 308 g/mol. The van der Waals surface area contributed by atoms with Gasteiger partial charge in [0.05, 0.1) is 0 Å². The van der Waals surface area contributed by atoms with E-state index in [1.807, 2.05) is 18.2 Å². The molecule has 1 aromatic carbocycles. The molecule has 2 rings (SSSR count). The van der Waals surface area contributed by atoms with Crippen LogP contribution in [0.15, 0.2) is 41.3 Å². The maximum atomic E-state index is 12.5. The van der Waals surface area contributed by atoms with Crippen molar-refractivity contribution < 1.29 is 0 Å². The van der Waals surface area contributed by atoms with Gasteiger partial charge in [0.25, 0.3) is 5.56 Å². The van der Waals surface area contributed by atoms with Gasteiger partial charge in [-0.05, 0) is 36.0 Å². The predicted octanol–water partition coefficient (Wildman–Crippen LogP) is 4.39. The third-order valence-electron chi connectivity index (χ3n) is 4.03. The number of hydrogen-bond donors (Lipinski definition) is 0. The Kier molecular flexibility index (Phi) is 5.76. The summed E-state index contributed by atoms with van der Waals surface area (Å²) < 4.78 is 1.65. The van der Waals surface area contributed by atoms with Crippen LogP contribution in [0.4, 0.5) is 0 Å². The molecule has 0 aliphatic rings. The fourth-order valence-corrected chi connectivity index (χ4v) is 2.64. The standard InChI is InChI=1S/C20H24N2O/c1-4-5-16-6-8-17(9-7-16)18-11-13-22(12-10-15(2)3)20(23)19(18)14-21/h6-9,11,13,15H,4-5,10,12H2,1-3H3. The Labute approximate surface area is 138 Å². The Balaban J connectivity index is 2.38. The van der Waals surface area contributed by atoms with Gasteiger partial charge < -0.3 is 4.57 Å². The third kappa shape index (κ3) is 4.10. The van der Waals surface area contributed by atoms with Crippen molar-refractivity contribution >= 4 is 0 Å². The van der Waals surface area contributed by atoms with Crippen molar-refractivity contribution in [2.24, 2.45) is 5.92 Å². The molecule has 0 aliphatic heterocycles. The van der Waals surface area contributed by atoms with Gasteiger partial charge in [0.2, 0.25) is 0 Å². The molecule has 0 saturated heterocycles. The number of aromatic nitrogens is 1. The van der Waals surface area contributed by atoms with Crippen LogP contribution in [-0.2, 0) is 13.0 Å². The number of nitriles is 1. The predicted molar refractivity (Wildman–Crippen MR) is 94.3 cm³/mol. The zero-order valence-corrected chi connectivity index (χ0v) is 14.2. The summed E-state index contributed by atoms with van der Waals surface area (Å²) in [6.45, 7) is 7.06. The molecule has 0 fully saturated rings. The topological polar surface area (TPSA) is 45.8 Å². The number of pyridine rings is 1. The summed E-state index contributed by atoms with van der Waals surface area (Å²) in [5, 5.41) is 9.44. The molecule has 0 amide bonds. The lowest BCUT2D eigenvalue weighted by molar-refractivity contribution is 0.507. The van der Waals surface area contributed by atoms with Crippen molar-refractivity contribution in [1.29, 1.82) is 5.26 Å². The van der Waals surface area contributed by atoms with Crippen LogP contribution in [0.25, 0.3) is 11.1 Å². The molecule has 2 aromatic rings. The largest absolute Gasteiger partial charge is 0.314 e. The summed E-state index contributed by atoms with van der Waals surface area (Å²) >= 11 is 0. The Bertz CT molecular complexity index is 749. The van der Waals surface area contributed by atoms with Crippen LogP contribution in [0, 0.1) is 17.2 Å². The Morgan fingerprint density at radius 2 is 1.87 bits per heavy atom. The minimum Gasteiger partial charge on any atom is -0.314 e. The molecule has 0 spiro atoms. The summed E-state index contributed by atoms with van der Waals surface area (Å²) in [6.07, 6.45) is 4.88. The molecule has 0 saturated carbocycles. The quantitative estimate of drug-likeness (QED) is 0.794. The fraction of sp³-hybridized carbons (Fsp3) is 0.400. The monoisotopic (exact) mass is 308 g/mol. The smallest absolute Gasteiger partial charge is 0.269 e. The van der Waals surface area contributed by atoms with Gasteiger partial charge in [-0.15, -0.1) is 0 Å². The highest BCUT2D eigenvalue weighted by atomic mass is 16.1. The first-order valence-electron chi connectivity index (χ1n) is 8.29. The van der Waals surface area contributed by atoms with E-state index in [0.29, 0.717) is 12.5 Å². The SMILES string of the molecule is CCCc1ccc(-c2ccn(CCC(C)C)c(=O)c2C#N)cc1. The van der Waals surface area contributed by atoms with Crippen molar-refractivity contribution in [2.75, 3.05) is 0 Å². The zero-order chi connectivity index (χ0) is 16.8. The van der Waals surface area contributed by atoms with Crippen LogP contribution < -0.4 is 5.56 Å². The second kappa shape index (κ2) is 7.78. The summed E-state index contributed by atoms with van der Waals surface area (Å²) in [6, 6.07) is 12.1. The number of nitrogens with zero attached hydrogens (tertiary/aromatic N) is 2. The van der Waals surface area contributed by atoms with Crippen molar-refractivity contribution in [1.82, 2.24) is 4.57 Å². The van der Waals surface area contributed by atoms with Crippen molar-refractivity contribution in [3.8, 4) is 17.2 Å². The minimum absolute atomic E-state index is 0.191. The minimum atomic E-state index is -0.191. The molecule has 0 radical (unpaired) electrons. The van der Waals surface area contributed by atoms with Gasteiger partial charge in [0, 0.05) is 18.3 Å². The van der Waals surface area contributed by atoms with Crippen LogP contribution in [0.1, 0.15) is 44.7 Å². The molecule has 1 heterocycles. The van der Waals surface area contributed by atoms with Gasteiger partial charge >= 0.3 is 0 Å². The second-order valence-electron chi connectivity index (χ2n) is 6.34. The first-order valence-corrected chi connectivity index (χ1v) is 8.29. The number of rotatable bonds is 6. The third-order valence-corrected chi connectivity index (χ3v) is 4.03. The molecule has 0 unspecified atom stereocenters. The van der Waals surface area contributed by atoms with Crippen LogP contribution in [-0.4, -0.2) is 4.57 Å². The van der Waals surface area contributed by atoms with Gasteiger partial charge in [-0.2, -0.15) is 5.26 Å². The number of aryl methyl sites for hydroxylation is 2. The molecule has 0 aliphatic carbocycles. The zero-order valence-electron chi connectivity index (χ0n) is 14.2. The van der Waals surface area contributed by atoms with Gasteiger partial charge in [-0.3, -0.25) is 4.79 Å². The van der Waals surface area contributed by atoms with Crippen LogP contribution >= 0.6 is 0 Å². The average Bonchev–Trinajstić information content (AvgIpc) is 2.54. The molecule has 1 aromatic heterocycles. The molecule has 0 atom stereocenters. The number of benzene rings is 1. The fourth-order valence-electron chi connectivity index (χ4n) is 2.64. The van der Waals surface area contributed by atoms with Crippen LogP contribution in [0.5, 0.6) is 0 Å². The molecule has 23 heavy (non-hydrogen) atoms. The summed E-state index contributed by atoms with van der Waals surface area (Å²) in [4.78, 5) is 12.5.